The summed E-state index contributed by atoms with van der Waals surface area (Å²) in [7, 11) is 0. The fraction of sp³-hybridized carbons (Fsp3) is 0.394. The van der Waals surface area contributed by atoms with Crippen LogP contribution in [0, 0.1) is 11.8 Å². The number of nitrogens with zero attached hydrogens (tertiary/aromatic N) is 2. The molecule has 2 heterocycles. The lowest BCUT2D eigenvalue weighted by Crippen LogP contribution is -2.56. The van der Waals surface area contributed by atoms with Crippen molar-refractivity contribution >= 4 is 29.5 Å². The number of nitrogens with two attached hydrogens (primary N) is 1. The number of anilines is 3. The highest BCUT2D eigenvalue weighted by atomic mass is 16.5. The van der Waals surface area contributed by atoms with Crippen LogP contribution in [0.1, 0.15) is 60.5 Å². The number of ether oxygens (including phenoxy) is 2. The summed E-state index contributed by atoms with van der Waals surface area (Å²) < 4.78 is 11.0. The first-order chi connectivity index (χ1) is 21.5. The van der Waals surface area contributed by atoms with Gasteiger partial charge >= 0.3 is 6.09 Å². The first kappa shape index (κ1) is 32.3. The number of benzene rings is 2. The minimum absolute atomic E-state index is 0.237. The van der Waals surface area contributed by atoms with Gasteiger partial charge in [0.2, 0.25) is 11.9 Å². The second-order valence-corrected chi connectivity index (χ2v) is 10.6. The molecule has 3 aromatic rings. The molecule has 1 saturated heterocycles. The maximum atomic E-state index is 12.3. The van der Waals surface area contributed by atoms with Gasteiger partial charge in [-0.15, -0.1) is 0 Å². The average molecular weight is 600 g/mol. The Labute approximate surface area is 258 Å². The molecule has 11 heteroatoms. The largest absolute Gasteiger partial charge is 0.445 e. The number of hydrogen-bond donors (Lipinski definition) is 5. The van der Waals surface area contributed by atoms with Crippen LogP contribution in [0.3, 0.4) is 0 Å². The number of unbranched alkanes of at least 4 members (excludes halogenated alkanes) is 1. The quantitative estimate of drug-likeness (QED) is 0.135. The number of carbonyl (C=O) groups is 2. The van der Waals surface area contributed by atoms with Gasteiger partial charge in [-0.05, 0) is 62.1 Å². The second-order valence-electron chi connectivity index (χ2n) is 10.6. The molecule has 2 aromatic carbocycles. The third kappa shape index (κ3) is 10.3. The van der Waals surface area contributed by atoms with Gasteiger partial charge in [0.1, 0.15) is 12.4 Å². The molecule has 1 fully saturated rings. The fourth-order valence-corrected chi connectivity index (χ4v) is 4.64. The molecule has 1 aromatic heterocycles. The average Bonchev–Trinajstić information content (AvgIpc) is 3.05. The van der Waals surface area contributed by atoms with Crippen LogP contribution in [0.15, 0.2) is 60.8 Å². The van der Waals surface area contributed by atoms with Crippen molar-refractivity contribution in [2.75, 3.05) is 43.5 Å². The van der Waals surface area contributed by atoms with Gasteiger partial charge in [-0.2, -0.15) is 4.98 Å². The Morgan fingerprint density at radius 1 is 1.07 bits per heavy atom. The van der Waals surface area contributed by atoms with E-state index < -0.39 is 12.0 Å². The molecule has 0 bridgehead atoms. The molecule has 0 aliphatic carbocycles. The van der Waals surface area contributed by atoms with Crippen LogP contribution in [0.2, 0.25) is 0 Å². The number of hydrogen-bond acceptors (Lipinski definition) is 9. The monoisotopic (exact) mass is 599 g/mol. The van der Waals surface area contributed by atoms with Gasteiger partial charge in [-0.3, -0.25) is 4.79 Å². The van der Waals surface area contributed by atoms with Gasteiger partial charge in [-0.1, -0.05) is 49.1 Å². The van der Waals surface area contributed by atoms with Gasteiger partial charge < -0.3 is 36.5 Å². The van der Waals surface area contributed by atoms with Gasteiger partial charge in [0, 0.05) is 49.5 Å². The normalized spacial score (nSPS) is 13.7. The van der Waals surface area contributed by atoms with Crippen molar-refractivity contribution in [3.8, 4) is 11.8 Å². The van der Waals surface area contributed by atoms with Gasteiger partial charge in [0.15, 0.2) is 0 Å². The molecule has 4 rings (SSSR count). The van der Waals surface area contributed by atoms with Crippen molar-refractivity contribution in [1.29, 1.82) is 0 Å². The Hall–Kier alpha value is -4.66. The summed E-state index contributed by atoms with van der Waals surface area (Å²) in [5.74, 6) is 7.06. The Morgan fingerprint density at radius 2 is 1.84 bits per heavy atom. The SMILES string of the molecule is CCCNc1nc(Nc2ccc(C(N)=O)cc2)ncc1C#CCCCNC1(CNC(=O)OCc2ccccc2)CCOCC1. The maximum absolute atomic E-state index is 12.3. The summed E-state index contributed by atoms with van der Waals surface area (Å²) in [5, 5.41) is 13.1. The summed E-state index contributed by atoms with van der Waals surface area (Å²) >= 11 is 0. The van der Waals surface area contributed by atoms with Crippen molar-refractivity contribution in [2.24, 2.45) is 5.73 Å². The highest BCUT2D eigenvalue weighted by Crippen LogP contribution is 2.21. The van der Waals surface area contributed by atoms with E-state index in [1.807, 2.05) is 30.3 Å². The minimum Gasteiger partial charge on any atom is -0.445 e. The minimum atomic E-state index is -0.477. The van der Waals surface area contributed by atoms with E-state index in [0.29, 0.717) is 43.5 Å². The smallest absolute Gasteiger partial charge is 0.407 e. The van der Waals surface area contributed by atoms with Crippen LogP contribution in [-0.2, 0) is 16.1 Å². The molecule has 232 valence electrons. The van der Waals surface area contributed by atoms with Gasteiger partial charge in [-0.25, -0.2) is 9.78 Å². The van der Waals surface area contributed by atoms with Crippen LogP contribution in [0.5, 0.6) is 0 Å². The van der Waals surface area contributed by atoms with E-state index >= 15 is 0 Å². The summed E-state index contributed by atoms with van der Waals surface area (Å²) in [6.45, 7) is 5.58. The summed E-state index contributed by atoms with van der Waals surface area (Å²) in [6.07, 6.45) is 5.35. The van der Waals surface area contributed by atoms with Crippen LogP contribution in [-0.4, -0.2) is 60.4 Å². The predicted octanol–water partition coefficient (Wildman–Crippen LogP) is 4.34. The lowest BCUT2D eigenvalue weighted by Gasteiger charge is -2.38. The summed E-state index contributed by atoms with van der Waals surface area (Å²) in [4.78, 5) is 32.7. The first-order valence-electron chi connectivity index (χ1n) is 15.0. The molecule has 1 aliphatic heterocycles. The fourth-order valence-electron chi connectivity index (χ4n) is 4.64. The molecule has 6 N–H and O–H groups in total. The van der Waals surface area contributed by atoms with Crippen LogP contribution < -0.4 is 27.0 Å². The zero-order chi connectivity index (χ0) is 31.0. The molecule has 0 spiro atoms. The van der Waals surface area contributed by atoms with Crippen molar-refractivity contribution in [3.63, 3.8) is 0 Å². The number of nitrogens with one attached hydrogen (secondary N) is 4. The predicted molar refractivity (Wildman–Crippen MR) is 171 cm³/mol. The molecule has 44 heavy (non-hydrogen) atoms. The molecule has 0 unspecified atom stereocenters. The molecule has 2 amide bonds. The van der Waals surface area contributed by atoms with E-state index in [1.54, 1.807) is 30.5 Å². The molecule has 0 radical (unpaired) electrons. The van der Waals surface area contributed by atoms with Gasteiger partial charge in [0.25, 0.3) is 0 Å². The Morgan fingerprint density at radius 3 is 2.57 bits per heavy atom. The van der Waals surface area contributed by atoms with E-state index in [-0.39, 0.29) is 12.1 Å². The number of carbonyl (C=O) groups excluding carboxylic acids is 2. The Bertz CT molecular complexity index is 1420. The van der Waals surface area contributed by atoms with Crippen LogP contribution in [0.25, 0.3) is 0 Å². The van der Waals surface area contributed by atoms with E-state index in [0.717, 1.165) is 55.6 Å². The number of primary amides is 1. The lowest BCUT2D eigenvalue weighted by molar-refractivity contribution is 0.0371. The Balaban J connectivity index is 1.27. The maximum Gasteiger partial charge on any atom is 0.407 e. The van der Waals surface area contributed by atoms with E-state index in [1.165, 1.54) is 0 Å². The number of alkyl carbamates (subject to hydrolysis) is 1. The zero-order valence-electron chi connectivity index (χ0n) is 25.2. The third-order valence-corrected chi connectivity index (χ3v) is 7.19. The van der Waals surface area contributed by atoms with Gasteiger partial charge in [0.05, 0.1) is 11.8 Å². The zero-order valence-corrected chi connectivity index (χ0v) is 25.2. The number of amides is 2. The van der Waals surface area contributed by atoms with Crippen molar-refractivity contribution in [2.45, 2.75) is 51.2 Å². The summed E-state index contributed by atoms with van der Waals surface area (Å²) in [6, 6.07) is 16.4. The Kier molecular flexibility index (Phi) is 12.3. The summed E-state index contributed by atoms with van der Waals surface area (Å²) in [5.41, 5.74) is 7.92. The van der Waals surface area contributed by atoms with Crippen LogP contribution >= 0.6 is 0 Å². The number of rotatable bonds is 14. The standard InChI is InChI=1S/C33H41N7O4/c1-2-18-35-30-27(22-36-31(40-30)39-28-14-12-26(13-15-28)29(34)41)11-7-4-8-19-38-33(16-20-43-21-17-33)24-37-32(42)44-23-25-9-5-3-6-10-25/h3,5-6,9-10,12-15,22,38H,2,4,8,16-21,23-24H2,1H3,(H2,34,41)(H,37,42)(H2,35,36,39,40). The topological polar surface area (TPSA) is 153 Å². The van der Waals surface area contributed by atoms with E-state index in [4.69, 9.17) is 15.2 Å². The highest BCUT2D eigenvalue weighted by Gasteiger charge is 2.32. The molecular formula is C33H41N7O4. The molecule has 11 nitrogen and oxygen atoms in total. The third-order valence-electron chi connectivity index (χ3n) is 7.19. The highest BCUT2D eigenvalue weighted by molar-refractivity contribution is 5.93. The number of aromatic nitrogens is 2. The first-order valence-corrected chi connectivity index (χ1v) is 15.0. The van der Waals surface area contributed by atoms with Crippen molar-refractivity contribution in [1.82, 2.24) is 20.6 Å². The van der Waals surface area contributed by atoms with E-state index in [9.17, 15) is 9.59 Å². The van der Waals surface area contributed by atoms with E-state index in [2.05, 4.69) is 50.0 Å². The van der Waals surface area contributed by atoms with Crippen molar-refractivity contribution < 1.29 is 19.1 Å². The van der Waals surface area contributed by atoms with Crippen molar-refractivity contribution in [3.05, 3.63) is 77.5 Å². The lowest BCUT2D eigenvalue weighted by atomic mass is 9.89. The molecule has 0 saturated carbocycles. The van der Waals surface area contributed by atoms with Crippen LogP contribution in [0.4, 0.5) is 22.2 Å². The molecular weight excluding hydrogens is 558 g/mol. The molecule has 1 aliphatic rings. The molecule has 0 atom stereocenters. The second kappa shape index (κ2) is 16.8.